The maximum atomic E-state index is 13.2. The second-order valence-corrected chi connectivity index (χ2v) is 12.0. The molecule has 0 N–H and O–H groups in total. The van der Waals surface area contributed by atoms with Gasteiger partial charge in [-0.3, -0.25) is 0 Å². The van der Waals surface area contributed by atoms with E-state index in [1.807, 2.05) is 0 Å². The zero-order valence-corrected chi connectivity index (χ0v) is 19.9. The summed E-state index contributed by atoms with van der Waals surface area (Å²) in [6.45, 7) is 4.77. The molecule has 0 aliphatic heterocycles. The van der Waals surface area contributed by atoms with Crippen molar-refractivity contribution < 1.29 is 44.9 Å². The molecule has 1 aromatic carbocycles. The summed E-state index contributed by atoms with van der Waals surface area (Å²) in [5.41, 5.74) is 1.04. The van der Waals surface area contributed by atoms with Gasteiger partial charge in [-0.25, -0.2) is 0 Å². The zero-order valence-electron chi connectivity index (χ0n) is 16.7. The Morgan fingerprint density at radius 1 is 0.800 bits per heavy atom. The molecule has 0 spiro atoms. The molecule has 9 heteroatoms. The van der Waals surface area contributed by atoms with Gasteiger partial charge in [0.2, 0.25) is 0 Å². The van der Waals surface area contributed by atoms with E-state index in [2.05, 4.69) is 32.4 Å². The van der Waals surface area contributed by atoms with Crippen molar-refractivity contribution >= 4 is 22.1 Å². The van der Waals surface area contributed by atoms with E-state index >= 15 is 0 Å². The maximum absolute atomic E-state index is 13.2. The molecule has 0 unspecified atom stereocenters. The fourth-order valence-electron chi connectivity index (χ4n) is 4.80. The average molecular weight is 564 g/mol. The van der Waals surface area contributed by atoms with Gasteiger partial charge in [-0.1, -0.05) is 20.1 Å². The Labute approximate surface area is 191 Å². The summed E-state index contributed by atoms with van der Waals surface area (Å²) >= 11 is 2.22. The van der Waals surface area contributed by atoms with Gasteiger partial charge in [0.1, 0.15) is 5.75 Å². The van der Waals surface area contributed by atoms with Crippen LogP contribution in [0.15, 0.2) is 24.3 Å². The van der Waals surface area contributed by atoms with Crippen LogP contribution in [0.3, 0.4) is 0 Å². The molecule has 3 rings (SSSR count). The van der Waals surface area contributed by atoms with E-state index in [9.17, 15) is 22.0 Å². The van der Waals surface area contributed by atoms with Crippen molar-refractivity contribution in [2.45, 2.75) is 87.8 Å². The summed E-state index contributed by atoms with van der Waals surface area (Å²) in [6, 6.07) is 5.87. The Kier molecular flexibility index (Phi) is 9.88. The molecule has 0 amide bonds. The van der Waals surface area contributed by atoms with Crippen LogP contribution in [0.2, 0.25) is 0 Å². The van der Waals surface area contributed by atoms with Crippen LogP contribution in [0.4, 0.5) is 22.0 Å². The van der Waals surface area contributed by atoms with Crippen LogP contribution >= 0.6 is 16.8 Å². The molecule has 174 valence electrons. The van der Waals surface area contributed by atoms with Gasteiger partial charge in [0, 0.05) is 11.3 Å². The SMILES string of the molecule is [CH2-][P+](c1ccc(OC(F)(F)C(F)(F)F)cc1)(C1CCCCC1)C1CCCCC1.[Cl][Pd+]. The van der Waals surface area contributed by atoms with Crippen LogP contribution in [0.25, 0.3) is 0 Å². The molecular weight excluding hydrogens is 536 g/mol. The molecule has 1 aromatic rings. The van der Waals surface area contributed by atoms with E-state index in [1.54, 1.807) is 12.1 Å². The minimum atomic E-state index is -5.74. The van der Waals surface area contributed by atoms with Crippen molar-refractivity contribution in [2.24, 2.45) is 0 Å². The van der Waals surface area contributed by atoms with Crippen LogP contribution in [-0.2, 0) is 18.2 Å². The summed E-state index contributed by atoms with van der Waals surface area (Å²) in [4.78, 5) is 0. The Morgan fingerprint density at radius 2 is 1.20 bits per heavy atom. The van der Waals surface area contributed by atoms with E-state index in [4.69, 9.17) is 6.66 Å². The Morgan fingerprint density at radius 3 is 1.57 bits per heavy atom. The predicted molar refractivity (Wildman–Crippen MR) is 110 cm³/mol. The molecule has 30 heavy (non-hydrogen) atoms. The van der Waals surface area contributed by atoms with Crippen molar-refractivity contribution in [3.63, 3.8) is 0 Å². The van der Waals surface area contributed by atoms with E-state index in [0.29, 0.717) is 11.3 Å². The number of hydrogen-bond donors (Lipinski definition) is 0. The number of ether oxygens (including phenoxy) is 1. The van der Waals surface area contributed by atoms with Gasteiger partial charge in [-0.15, -0.1) is 0 Å². The Balaban J connectivity index is 0.00000155. The first-order valence-corrected chi connectivity index (χ1v) is 14.3. The molecule has 2 saturated carbocycles. The van der Waals surface area contributed by atoms with Crippen molar-refractivity contribution in [2.75, 3.05) is 0 Å². The predicted octanol–water partition coefficient (Wildman–Crippen LogP) is 8.01. The Bertz CT molecular complexity index is 626. The van der Waals surface area contributed by atoms with Crippen molar-refractivity contribution in [3.8, 4) is 5.75 Å². The van der Waals surface area contributed by atoms with Gasteiger partial charge in [0.25, 0.3) is 0 Å². The molecule has 2 fully saturated rings. The van der Waals surface area contributed by atoms with Gasteiger partial charge >= 0.3 is 40.0 Å². The van der Waals surface area contributed by atoms with E-state index in [0.717, 1.165) is 31.0 Å². The third-order valence-corrected chi connectivity index (χ3v) is 11.2. The number of benzene rings is 1. The number of halogens is 6. The summed E-state index contributed by atoms with van der Waals surface area (Å²) in [5.74, 6) is -0.468. The molecule has 0 bridgehead atoms. The van der Waals surface area contributed by atoms with Crippen LogP contribution in [0.1, 0.15) is 64.2 Å². The molecule has 0 aromatic heterocycles. The topological polar surface area (TPSA) is 9.23 Å². The van der Waals surface area contributed by atoms with Crippen LogP contribution in [-0.4, -0.2) is 23.6 Å². The van der Waals surface area contributed by atoms with E-state index in [-0.39, 0.29) is 0 Å². The van der Waals surface area contributed by atoms with Gasteiger partial charge in [0.15, 0.2) is 0 Å². The average Bonchev–Trinajstić information content (AvgIpc) is 2.75. The van der Waals surface area contributed by atoms with Gasteiger partial charge in [-0.05, 0) is 75.6 Å². The monoisotopic (exact) mass is 563 g/mol. The van der Waals surface area contributed by atoms with Crippen LogP contribution < -0.4 is 10.0 Å². The van der Waals surface area contributed by atoms with Crippen molar-refractivity contribution in [1.29, 1.82) is 0 Å². The molecule has 0 saturated heterocycles. The number of rotatable bonds is 5. The summed E-state index contributed by atoms with van der Waals surface area (Å²) < 4.78 is 67.5. The molecular formula is C21H28ClF5OPPd+. The van der Waals surface area contributed by atoms with Crippen molar-refractivity contribution in [1.82, 2.24) is 0 Å². The Hall–Kier alpha value is 0.0523. The summed E-state index contributed by atoms with van der Waals surface area (Å²) in [7, 11) is 2.70. The van der Waals surface area contributed by atoms with Gasteiger partial charge in [0.05, 0.1) is 5.30 Å². The molecule has 2 aliphatic rings. The zero-order chi connectivity index (χ0) is 22.4. The summed E-state index contributed by atoms with van der Waals surface area (Å²) in [6.07, 6.45) is 0.840. The number of hydrogen-bond acceptors (Lipinski definition) is 1. The van der Waals surface area contributed by atoms with Gasteiger partial charge < -0.3 is 4.74 Å². The fraction of sp³-hybridized carbons (Fsp3) is 0.667. The normalized spacial score (nSPS) is 19.8. The number of alkyl halides is 5. The standard InChI is InChI=1S/C21H28F5OP.ClH.Pd/c1-28(17-8-4-2-5-9-17,18-10-6-3-7-11-18)19-14-12-16(13-15-19)27-21(25,26)20(22,23)24;;/h12-15,17-18H,1-11H2;1H;/q;;+2/p-1. The van der Waals surface area contributed by atoms with Crippen LogP contribution in [0, 0.1) is 6.66 Å². The first-order valence-electron chi connectivity index (χ1n) is 10.2. The second kappa shape index (κ2) is 11.3. The van der Waals surface area contributed by atoms with Crippen molar-refractivity contribution in [3.05, 3.63) is 30.9 Å². The first-order chi connectivity index (χ1) is 14.1. The quantitative estimate of drug-likeness (QED) is 0.153. The fourth-order valence-corrected chi connectivity index (χ4v) is 9.52. The second-order valence-electron chi connectivity index (χ2n) is 8.12. The van der Waals surface area contributed by atoms with Gasteiger partial charge in [-0.2, -0.15) is 28.6 Å². The molecule has 0 atom stereocenters. The molecule has 1 nitrogen and oxygen atoms in total. The first kappa shape index (κ1) is 26.3. The minimum absolute atomic E-state index is 0.468. The molecule has 0 heterocycles. The van der Waals surface area contributed by atoms with E-state index < -0.39 is 25.3 Å². The molecule has 0 radical (unpaired) electrons. The third-order valence-electron chi connectivity index (χ3n) is 6.35. The third kappa shape index (κ3) is 6.09. The van der Waals surface area contributed by atoms with E-state index in [1.165, 1.54) is 50.7 Å². The molecule has 2 aliphatic carbocycles. The summed E-state index contributed by atoms with van der Waals surface area (Å²) in [5, 5.41) is 1.04. The van der Waals surface area contributed by atoms with Crippen LogP contribution in [0.5, 0.6) is 5.75 Å².